The Balaban J connectivity index is 1.57. The number of nitriles is 1. The highest BCUT2D eigenvalue weighted by Gasteiger charge is 2.84. The molecule has 3 fully saturated rings. The normalized spacial score (nSPS) is 40.7. The number of allylic oxidation sites excluding steroid dienone is 1. The monoisotopic (exact) mass is 455 g/mol. The Kier molecular flexibility index (Phi) is 7.03. The smallest absolute Gasteiger partial charge is 0.316 e. The molecule has 0 spiro atoms. The van der Waals surface area contributed by atoms with Crippen LogP contribution < -0.4 is 0 Å². The minimum atomic E-state index is -1.08. The Morgan fingerprint density at radius 1 is 1.18 bits per heavy atom. The predicted molar refractivity (Wildman–Crippen MR) is 130 cm³/mol. The molecule has 3 saturated carbocycles. The minimum absolute atomic E-state index is 0.136. The minimum Gasteiger partial charge on any atom is -0.481 e. The molecule has 0 saturated heterocycles. The van der Waals surface area contributed by atoms with Crippen LogP contribution in [0.15, 0.2) is 11.6 Å². The van der Waals surface area contributed by atoms with Gasteiger partial charge in [0.05, 0.1) is 18.1 Å². The lowest BCUT2D eigenvalue weighted by atomic mass is 9.43. The van der Waals surface area contributed by atoms with Crippen LogP contribution in [0.25, 0.3) is 0 Å². The van der Waals surface area contributed by atoms with Gasteiger partial charge in [0.25, 0.3) is 0 Å². The molecule has 184 valence electrons. The predicted octanol–water partition coefficient (Wildman–Crippen LogP) is 7.00. The number of hydrogen-bond donors (Lipinski definition) is 1. The molecule has 0 heterocycles. The van der Waals surface area contributed by atoms with E-state index in [0.717, 1.165) is 31.3 Å². The molecule has 33 heavy (non-hydrogen) atoms. The van der Waals surface area contributed by atoms with Crippen molar-refractivity contribution in [2.45, 2.75) is 98.3 Å². The first-order valence-corrected chi connectivity index (χ1v) is 13.8. The summed E-state index contributed by atoms with van der Waals surface area (Å²) >= 11 is 0. The van der Waals surface area contributed by atoms with E-state index in [4.69, 9.17) is 4.74 Å². The molecule has 4 heteroatoms. The molecule has 0 amide bonds. The van der Waals surface area contributed by atoms with Crippen molar-refractivity contribution in [3.8, 4) is 6.07 Å². The standard InChI is InChI=1S/C29H45NO3/c1-5-6-7-8-9-10-11-14-33-19-28-17-23-21(4)12-13-24(23)27(18-30)16-22(28)15-25(20(2)3)29(27,28)26(31)32/h15,20-24H,5-14,16-17,19H2,1-4H3,(H,31,32)/t21?,22?,23?,24?,27-,28+,29-/m0/s1. The first-order valence-electron chi connectivity index (χ1n) is 13.8. The molecule has 4 aliphatic rings. The zero-order valence-corrected chi connectivity index (χ0v) is 21.4. The Bertz CT molecular complexity index is 812. The van der Waals surface area contributed by atoms with Crippen molar-refractivity contribution in [1.29, 1.82) is 5.26 Å². The number of fused-ring (bicyclic) bond motifs is 2. The molecule has 4 bridgehead atoms. The molecule has 4 rings (SSSR count). The third kappa shape index (κ3) is 3.35. The summed E-state index contributed by atoms with van der Waals surface area (Å²) in [5, 5.41) is 21.7. The van der Waals surface area contributed by atoms with Gasteiger partial charge in [-0.05, 0) is 55.3 Å². The number of hydrogen-bond acceptors (Lipinski definition) is 3. The fourth-order valence-corrected chi connectivity index (χ4v) is 8.95. The van der Waals surface area contributed by atoms with Gasteiger partial charge in [-0.1, -0.05) is 84.3 Å². The molecule has 4 nitrogen and oxygen atoms in total. The van der Waals surface area contributed by atoms with Gasteiger partial charge >= 0.3 is 5.97 Å². The molecule has 4 aliphatic carbocycles. The first kappa shape index (κ1) is 24.8. The number of carboxylic acid groups (broad SMARTS) is 1. The van der Waals surface area contributed by atoms with E-state index >= 15 is 0 Å². The van der Waals surface area contributed by atoms with Crippen molar-refractivity contribution in [2.75, 3.05) is 13.2 Å². The second kappa shape index (κ2) is 9.37. The number of aliphatic carboxylic acids is 1. The van der Waals surface area contributed by atoms with Crippen LogP contribution in [-0.4, -0.2) is 24.3 Å². The highest BCUT2D eigenvalue weighted by Crippen LogP contribution is 2.83. The van der Waals surface area contributed by atoms with Crippen LogP contribution in [0.2, 0.25) is 0 Å². The second-order valence-electron chi connectivity index (χ2n) is 12.1. The van der Waals surface area contributed by atoms with Gasteiger partial charge in [0.2, 0.25) is 0 Å². The maximum atomic E-state index is 13.4. The summed E-state index contributed by atoms with van der Waals surface area (Å²) in [5.74, 6) is 0.744. The van der Waals surface area contributed by atoms with E-state index in [2.05, 4.69) is 39.8 Å². The van der Waals surface area contributed by atoms with Crippen molar-refractivity contribution in [2.24, 2.45) is 45.8 Å². The largest absolute Gasteiger partial charge is 0.481 e. The Morgan fingerprint density at radius 2 is 1.88 bits per heavy atom. The van der Waals surface area contributed by atoms with E-state index in [-0.39, 0.29) is 17.8 Å². The van der Waals surface area contributed by atoms with Crippen LogP contribution in [0.4, 0.5) is 0 Å². The lowest BCUT2D eigenvalue weighted by molar-refractivity contribution is -0.179. The van der Waals surface area contributed by atoms with E-state index < -0.39 is 22.2 Å². The Morgan fingerprint density at radius 3 is 2.52 bits per heavy atom. The molecule has 4 unspecified atom stereocenters. The fourth-order valence-electron chi connectivity index (χ4n) is 8.95. The zero-order valence-electron chi connectivity index (χ0n) is 21.4. The van der Waals surface area contributed by atoms with Crippen LogP contribution in [-0.2, 0) is 9.53 Å². The SMILES string of the molecule is CCCCCCCCCOC[C@]12CC3C(C)CCC3[C@@]3(C#N)CC1C=C(C(C)C)[C@@]23C(=O)O. The van der Waals surface area contributed by atoms with Gasteiger partial charge in [-0.2, -0.15) is 5.26 Å². The van der Waals surface area contributed by atoms with E-state index in [1.807, 2.05) is 0 Å². The lowest BCUT2D eigenvalue weighted by Crippen LogP contribution is -2.62. The maximum absolute atomic E-state index is 13.4. The summed E-state index contributed by atoms with van der Waals surface area (Å²) in [6.07, 6.45) is 14.7. The third-order valence-electron chi connectivity index (χ3n) is 10.3. The molecular formula is C29H45NO3. The van der Waals surface area contributed by atoms with Crippen LogP contribution >= 0.6 is 0 Å². The summed E-state index contributed by atoms with van der Waals surface area (Å²) in [6.45, 7) is 9.98. The van der Waals surface area contributed by atoms with Crippen LogP contribution in [0, 0.1) is 57.2 Å². The van der Waals surface area contributed by atoms with Gasteiger partial charge in [-0.25, -0.2) is 0 Å². The van der Waals surface area contributed by atoms with Crippen LogP contribution in [0.3, 0.4) is 0 Å². The third-order valence-corrected chi connectivity index (χ3v) is 10.3. The van der Waals surface area contributed by atoms with Gasteiger partial charge in [0, 0.05) is 12.0 Å². The fraction of sp³-hybridized carbons (Fsp3) is 0.862. The van der Waals surface area contributed by atoms with Crippen LogP contribution in [0.1, 0.15) is 98.3 Å². The van der Waals surface area contributed by atoms with Gasteiger partial charge in [-0.15, -0.1) is 0 Å². The quantitative estimate of drug-likeness (QED) is 0.254. The van der Waals surface area contributed by atoms with Crippen molar-refractivity contribution < 1.29 is 14.6 Å². The van der Waals surface area contributed by atoms with Crippen LogP contribution in [0.5, 0.6) is 0 Å². The highest BCUT2D eigenvalue weighted by molar-refractivity contribution is 5.85. The number of carboxylic acids is 1. The summed E-state index contributed by atoms with van der Waals surface area (Å²) < 4.78 is 6.37. The highest BCUT2D eigenvalue weighted by atomic mass is 16.5. The molecule has 0 radical (unpaired) electrons. The number of ether oxygens (including phenoxy) is 1. The number of unbranched alkanes of at least 4 members (excludes halogenated alkanes) is 6. The second-order valence-corrected chi connectivity index (χ2v) is 12.1. The van der Waals surface area contributed by atoms with Crippen molar-refractivity contribution in [3.05, 3.63) is 11.6 Å². The molecule has 7 atom stereocenters. The summed E-state index contributed by atoms with van der Waals surface area (Å²) in [7, 11) is 0. The van der Waals surface area contributed by atoms with E-state index in [9.17, 15) is 15.2 Å². The van der Waals surface area contributed by atoms with Gasteiger partial charge < -0.3 is 9.84 Å². The van der Waals surface area contributed by atoms with Crippen molar-refractivity contribution in [1.82, 2.24) is 0 Å². The van der Waals surface area contributed by atoms with Crippen molar-refractivity contribution >= 4 is 5.97 Å². The zero-order chi connectivity index (χ0) is 23.9. The van der Waals surface area contributed by atoms with Gasteiger partial charge in [0.15, 0.2) is 0 Å². The van der Waals surface area contributed by atoms with E-state index in [0.29, 0.717) is 31.5 Å². The van der Waals surface area contributed by atoms with Gasteiger partial charge in [-0.3, -0.25) is 4.79 Å². The van der Waals surface area contributed by atoms with Crippen molar-refractivity contribution in [3.63, 3.8) is 0 Å². The van der Waals surface area contributed by atoms with E-state index in [1.54, 1.807) is 0 Å². The average molecular weight is 456 g/mol. The maximum Gasteiger partial charge on any atom is 0.316 e. The van der Waals surface area contributed by atoms with Gasteiger partial charge in [0.1, 0.15) is 5.41 Å². The van der Waals surface area contributed by atoms with E-state index in [1.165, 1.54) is 38.5 Å². The first-order chi connectivity index (χ1) is 15.8. The summed E-state index contributed by atoms with van der Waals surface area (Å²) in [5.41, 5.74) is -1.31. The molecule has 1 N–H and O–H groups in total. The molecule has 0 aromatic carbocycles. The average Bonchev–Trinajstić information content (AvgIpc) is 3.35. The Hall–Kier alpha value is -1.34. The molecule has 0 aromatic rings. The number of rotatable bonds is 12. The summed E-state index contributed by atoms with van der Waals surface area (Å²) in [6, 6.07) is 2.72. The number of carbonyl (C=O) groups is 1. The molecule has 0 aromatic heterocycles. The summed E-state index contributed by atoms with van der Waals surface area (Å²) in [4.78, 5) is 13.4. The Labute approximate surface area is 201 Å². The molecule has 0 aliphatic heterocycles. The topological polar surface area (TPSA) is 70.3 Å². The number of nitrogens with zero attached hydrogens (tertiary/aromatic N) is 1. The molecular weight excluding hydrogens is 410 g/mol. The lowest BCUT2D eigenvalue weighted by Gasteiger charge is -2.57.